The first kappa shape index (κ1) is 16.0. The van der Waals surface area contributed by atoms with Crippen LogP contribution in [0.15, 0.2) is 45.6 Å². The number of benzene rings is 1. The van der Waals surface area contributed by atoms with Crippen LogP contribution in [0.3, 0.4) is 0 Å². The third-order valence-electron chi connectivity index (χ3n) is 3.75. The molecule has 1 aromatic heterocycles. The van der Waals surface area contributed by atoms with Crippen LogP contribution in [-0.4, -0.2) is 30.0 Å². The van der Waals surface area contributed by atoms with E-state index in [1.54, 1.807) is 6.92 Å². The number of halogens is 1. The highest BCUT2D eigenvalue weighted by molar-refractivity contribution is 9.10. The molecule has 120 valence electrons. The zero-order valence-corrected chi connectivity index (χ0v) is 14.8. The summed E-state index contributed by atoms with van der Waals surface area (Å²) in [6, 6.07) is 8.89. The minimum Gasteiger partial charge on any atom is -0.492 e. The van der Waals surface area contributed by atoms with Crippen molar-refractivity contribution >= 4 is 39.2 Å². The largest absolute Gasteiger partial charge is 0.492 e. The molecule has 1 N–H and O–H groups in total. The van der Waals surface area contributed by atoms with E-state index < -0.39 is 5.54 Å². The molecule has 3 rings (SSSR count). The number of nitrogens with zero attached hydrogens (tertiary/aromatic N) is 1. The number of carbonyl (C=O) groups is 2. The van der Waals surface area contributed by atoms with Crippen LogP contribution in [0.4, 0.5) is 4.79 Å². The summed E-state index contributed by atoms with van der Waals surface area (Å²) in [5.74, 6) is 0.436. The summed E-state index contributed by atoms with van der Waals surface area (Å²) in [5.41, 5.74) is -0.191. The van der Waals surface area contributed by atoms with Gasteiger partial charge in [-0.25, -0.2) is 4.79 Å². The van der Waals surface area contributed by atoms with E-state index in [2.05, 4.69) is 21.2 Å². The Bertz CT molecular complexity index is 735. The second kappa shape index (κ2) is 6.33. The van der Waals surface area contributed by atoms with Gasteiger partial charge in [0, 0.05) is 4.47 Å². The van der Waals surface area contributed by atoms with Gasteiger partial charge in [0.05, 0.1) is 6.54 Å². The lowest BCUT2D eigenvalue weighted by Crippen LogP contribution is -2.41. The number of ether oxygens (including phenoxy) is 1. The Morgan fingerprint density at radius 1 is 1.35 bits per heavy atom. The van der Waals surface area contributed by atoms with Crippen molar-refractivity contribution in [3.8, 4) is 5.75 Å². The number of amides is 3. The van der Waals surface area contributed by atoms with Crippen molar-refractivity contribution in [2.75, 3.05) is 13.2 Å². The molecule has 0 radical (unpaired) electrons. The van der Waals surface area contributed by atoms with Crippen molar-refractivity contribution in [2.24, 2.45) is 0 Å². The van der Waals surface area contributed by atoms with Gasteiger partial charge in [-0.05, 0) is 47.5 Å². The van der Waals surface area contributed by atoms with E-state index in [1.807, 2.05) is 41.1 Å². The van der Waals surface area contributed by atoms with E-state index in [9.17, 15) is 9.59 Å². The normalized spacial score (nSPS) is 20.7. The fourth-order valence-electron chi connectivity index (χ4n) is 2.46. The third kappa shape index (κ3) is 3.11. The van der Waals surface area contributed by atoms with Gasteiger partial charge in [-0.3, -0.25) is 9.69 Å². The average Bonchev–Trinajstić information content (AvgIpc) is 3.11. The van der Waals surface area contributed by atoms with Gasteiger partial charge in [-0.2, -0.15) is 11.3 Å². The van der Waals surface area contributed by atoms with Crippen molar-refractivity contribution in [1.29, 1.82) is 0 Å². The SMILES string of the molecule is CC1(c2ccsc2)NC(=O)N(CCOc2cccc(Br)c2)C1=O. The van der Waals surface area contributed by atoms with Gasteiger partial charge >= 0.3 is 6.03 Å². The Morgan fingerprint density at radius 3 is 2.87 bits per heavy atom. The van der Waals surface area contributed by atoms with Crippen molar-refractivity contribution in [2.45, 2.75) is 12.5 Å². The van der Waals surface area contributed by atoms with Crippen LogP contribution < -0.4 is 10.1 Å². The van der Waals surface area contributed by atoms with Crippen molar-refractivity contribution in [3.63, 3.8) is 0 Å². The quantitative estimate of drug-likeness (QED) is 0.790. The monoisotopic (exact) mass is 394 g/mol. The summed E-state index contributed by atoms with van der Waals surface area (Å²) in [6.45, 7) is 2.18. The van der Waals surface area contributed by atoms with Gasteiger partial charge in [0.25, 0.3) is 5.91 Å². The summed E-state index contributed by atoms with van der Waals surface area (Å²) in [5, 5.41) is 6.53. The molecule has 3 amide bonds. The summed E-state index contributed by atoms with van der Waals surface area (Å²) in [6.07, 6.45) is 0. The zero-order chi connectivity index (χ0) is 16.4. The van der Waals surface area contributed by atoms with Crippen molar-refractivity contribution in [1.82, 2.24) is 10.2 Å². The minimum atomic E-state index is -0.993. The maximum atomic E-state index is 12.6. The average molecular weight is 395 g/mol. The Morgan fingerprint density at radius 2 is 2.17 bits per heavy atom. The number of hydrogen-bond acceptors (Lipinski definition) is 4. The first-order chi connectivity index (χ1) is 11.0. The highest BCUT2D eigenvalue weighted by atomic mass is 79.9. The number of carbonyl (C=O) groups excluding carboxylic acids is 2. The molecule has 0 saturated carbocycles. The first-order valence-corrected chi connectivity index (χ1v) is 8.79. The van der Waals surface area contributed by atoms with E-state index in [0.717, 1.165) is 10.0 Å². The summed E-state index contributed by atoms with van der Waals surface area (Å²) < 4.78 is 6.51. The molecule has 1 aliphatic rings. The summed E-state index contributed by atoms with van der Waals surface area (Å²) in [4.78, 5) is 25.9. The molecule has 0 bridgehead atoms. The second-order valence-electron chi connectivity index (χ2n) is 5.33. The molecule has 7 heteroatoms. The predicted octanol–water partition coefficient (Wildman–Crippen LogP) is 3.36. The van der Waals surface area contributed by atoms with Gasteiger partial charge in [-0.1, -0.05) is 22.0 Å². The number of urea groups is 1. The van der Waals surface area contributed by atoms with Crippen LogP contribution in [0.5, 0.6) is 5.75 Å². The van der Waals surface area contributed by atoms with Gasteiger partial charge in [-0.15, -0.1) is 0 Å². The molecule has 1 aromatic carbocycles. The van der Waals surface area contributed by atoms with Crippen LogP contribution in [0.2, 0.25) is 0 Å². The van der Waals surface area contributed by atoms with Gasteiger partial charge in [0.1, 0.15) is 17.9 Å². The standard InChI is InChI=1S/C16H15BrN2O3S/c1-16(11-5-8-23-10-11)14(20)19(15(21)18-16)6-7-22-13-4-2-3-12(17)9-13/h2-5,8-10H,6-7H2,1H3,(H,18,21). The smallest absolute Gasteiger partial charge is 0.325 e. The number of imide groups is 1. The summed E-state index contributed by atoms with van der Waals surface area (Å²) >= 11 is 4.86. The second-order valence-corrected chi connectivity index (χ2v) is 7.03. The lowest BCUT2D eigenvalue weighted by molar-refractivity contribution is -0.131. The van der Waals surface area contributed by atoms with Crippen LogP contribution in [0.25, 0.3) is 0 Å². The van der Waals surface area contributed by atoms with E-state index >= 15 is 0 Å². The fraction of sp³-hybridized carbons (Fsp3) is 0.250. The number of hydrogen-bond donors (Lipinski definition) is 1. The molecule has 1 aliphatic heterocycles. The molecule has 23 heavy (non-hydrogen) atoms. The predicted molar refractivity (Wildman–Crippen MR) is 91.6 cm³/mol. The topological polar surface area (TPSA) is 58.6 Å². The van der Waals surface area contributed by atoms with Crippen LogP contribution in [0.1, 0.15) is 12.5 Å². The molecule has 5 nitrogen and oxygen atoms in total. The van der Waals surface area contributed by atoms with E-state index in [4.69, 9.17) is 4.74 Å². The number of rotatable bonds is 5. The lowest BCUT2D eigenvalue weighted by atomic mass is 9.95. The molecule has 2 aromatic rings. The molecular formula is C16H15BrN2O3S. The van der Waals surface area contributed by atoms with Crippen LogP contribution in [0, 0.1) is 0 Å². The molecular weight excluding hydrogens is 380 g/mol. The van der Waals surface area contributed by atoms with E-state index in [0.29, 0.717) is 5.75 Å². The van der Waals surface area contributed by atoms with E-state index in [-0.39, 0.29) is 25.1 Å². The number of nitrogens with one attached hydrogen (secondary N) is 1. The first-order valence-electron chi connectivity index (χ1n) is 7.06. The number of thiophene rings is 1. The van der Waals surface area contributed by atoms with Crippen molar-refractivity contribution in [3.05, 3.63) is 51.1 Å². The Labute approximate surface area is 146 Å². The fourth-order valence-corrected chi connectivity index (χ4v) is 3.60. The Balaban J connectivity index is 1.65. The highest BCUT2D eigenvalue weighted by Crippen LogP contribution is 2.30. The maximum Gasteiger partial charge on any atom is 0.325 e. The molecule has 0 aliphatic carbocycles. The highest BCUT2D eigenvalue weighted by Gasteiger charge is 2.48. The molecule has 1 atom stereocenters. The molecule has 1 fully saturated rings. The Kier molecular flexibility index (Phi) is 4.41. The molecule has 1 saturated heterocycles. The van der Waals surface area contributed by atoms with Gasteiger partial charge in [0.2, 0.25) is 0 Å². The molecule has 2 heterocycles. The Hall–Kier alpha value is -1.86. The molecule has 0 spiro atoms. The van der Waals surface area contributed by atoms with Gasteiger partial charge < -0.3 is 10.1 Å². The van der Waals surface area contributed by atoms with Crippen LogP contribution in [-0.2, 0) is 10.3 Å². The summed E-state index contributed by atoms with van der Waals surface area (Å²) in [7, 11) is 0. The van der Waals surface area contributed by atoms with E-state index in [1.165, 1.54) is 16.2 Å². The van der Waals surface area contributed by atoms with Gasteiger partial charge in [0.15, 0.2) is 0 Å². The maximum absolute atomic E-state index is 12.6. The third-order valence-corrected chi connectivity index (χ3v) is 4.93. The minimum absolute atomic E-state index is 0.205. The van der Waals surface area contributed by atoms with Crippen molar-refractivity contribution < 1.29 is 14.3 Å². The van der Waals surface area contributed by atoms with Crippen LogP contribution >= 0.6 is 27.3 Å². The zero-order valence-electron chi connectivity index (χ0n) is 12.4. The molecule has 1 unspecified atom stereocenters. The lowest BCUT2D eigenvalue weighted by Gasteiger charge is -2.20.